The monoisotopic (exact) mass is 572 g/mol. The summed E-state index contributed by atoms with van der Waals surface area (Å²) in [7, 11) is 0. The molecule has 208 valence electrons. The van der Waals surface area contributed by atoms with Gasteiger partial charge in [-0.2, -0.15) is 0 Å². The number of fused-ring (bicyclic) bond motifs is 1. The molecule has 4 N–H and O–H groups in total. The Morgan fingerprint density at radius 2 is 1.83 bits per heavy atom. The Kier molecular flexibility index (Phi) is 9.28. The van der Waals surface area contributed by atoms with Gasteiger partial charge in [-0.05, 0) is 66.2 Å². The van der Waals surface area contributed by atoms with E-state index in [0.29, 0.717) is 33.4 Å². The van der Waals surface area contributed by atoms with Crippen LogP contribution in [-0.2, 0) is 16.1 Å². The van der Waals surface area contributed by atoms with E-state index in [4.69, 9.17) is 11.5 Å². The molecule has 13 heteroatoms. The average Bonchev–Trinajstić information content (AvgIpc) is 2.95. The Morgan fingerprint density at radius 1 is 1.10 bits per heavy atom. The third-order valence-corrected chi connectivity index (χ3v) is 6.66. The van der Waals surface area contributed by atoms with Gasteiger partial charge in [-0.1, -0.05) is 12.0 Å². The van der Waals surface area contributed by atoms with Gasteiger partial charge in [0.05, 0.1) is 17.4 Å². The third kappa shape index (κ3) is 7.68. The zero-order valence-electron chi connectivity index (χ0n) is 21.5. The highest BCUT2D eigenvalue weighted by Crippen LogP contribution is 2.23. The zero-order valence-corrected chi connectivity index (χ0v) is 22.3. The maximum absolute atomic E-state index is 12.8. The van der Waals surface area contributed by atoms with Crippen LogP contribution < -0.4 is 15.8 Å². The Labute approximate surface area is 237 Å². The van der Waals surface area contributed by atoms with Crippen molar-refractivity contribution in [2.45, 2.75) is 35.7 Å². The summed E-state index contributed by atoms with van der Waals surface area (Å²) in [5, 5.41) is 21.7. The molecule has 0 aliphatic rings. The molecule has 0 aliphatic heterocycles. The van der Waals surface area contributed by atoms with E-state index < -0.39 is 30.3 Å². The minimum Gasteiger partial charge on any atom is -0.481 e. The number of carbonyl (C=O) groups is 3. The molecule has 41 heavy (non-hydrogen) atoms. The van der Waals surface area contributed by atoms with E-state index >= 15 is 0 Å². The fourth-order valence-electron chi connectivity index (χ4n) is 3.90. The standard InChI is InChI=1S/C28H24N6O6S/c1-2-14-34(19-7-5-18(6-8-19)24(37)31-22(26(39)40)10-11-23(35)36)16-17-4-9-21-20(15-17)25(38)33-28(32-21)41-27-29-12-3-13-30-27/h1,3-9,12-13,15,22H,10-11,14,16H2,(H,31,37)(H,35,36)(H,39,40)(H,32,33,38)/t22-/m0/s1. The van der Waals surface area contributed by atoms with Crippen LogP contribution in [-0.4, -0.2) is 60.6 Å². The molecule has 0 bridgehead atoms. The molecule has 4 rings (SSSR count). The van der Waals surface area contributed by atoms with Crippen molar-refractivity contribution < 1.29 is 24.6 Å². The molecular formula is C28H24N6O6S. The van der Waals surface area contributed by atoms with Crippen molar-refractivity contribution in [3.63, 3.8) is 0 Å². The van der Waals surface area contributed by atoms with E-state index in [9.17, 15) is 24.3 Å². The number of nitrogens with one attached hydrogen (secondary N) is 2. The molecule has 2 aromatic carbocycles. The Morgan fingerprint density at radius 3 is 2.49 bits per heavy atom. The molecule has 4 aromatic rings. The SMILES string of the molecule is C#CCN(Cc1ccc2nc(Sc3ncccn3)[nH]c(=O)c2c1)c1ccc(C(=O)N[C@@H](CCC(=O)O)C(=O)O)cc1. The van der Waals surface area contributed by atoms with Crippen molar-refractivity contribution in [1.82, 2.24) is 25.3 Å². The minimum atomic E-state index is -1.33. The van der Waals surface area contributed by atoms with Gasteiger partial charge in [-0.15, -0.1) is 6.42 Å². The van der Waals surface area contributed by atoms with E-state index in [-0.39, 0.29) is 24.1 Å². The number of H-pyrrole nitrogens is 1. The lowest BCUT2D eigenvalue weighted by atomic mass is 10.1. The number of carboxylic acid groups (broad SMARTS) is 2. The normalized spacial score (nSPS) is 11.4. The molecule has 0 unspecified atom stereocenters. The van der Waals surface area contributed by atoms with E-state index in [1.165, 1.54) is 12.1 Å². The van der Waals surface area contributed by atoms with Crippen LogP contribution in [0.3, 0.4) is 0 Å². The fraction of sp³-hybridized carbons (Fsp3) is 0.179. The van der Waals surface area contributed by atoms with Gasteiger partial charge in [-0.25, -0.2) is 19.7 Å². The topological polar surface area (TPSA) is 178 Å². The molecule has 2 aromatic heterocycles. The van der Waals surface area contributed by atoms with Crippen LogP contribution in [0.5, 0.6) is 0 Å². The highest BCUT2D eigenvalue weighted by Gasteiger charge is 2.22. The Bertz CT molecular complexity index is 1670. The summed E-state index contributed by atoms with van der Waals surface area (Å²) in [5.41, 5.74) is 1.90. The lowest BCUT2D eigenvalue weighted by molar-refractivity contribution is -0.140. The molecular weight excluding hydrogens is 548 g/mol. The van der Waals surface area contributed by atoms with Crippen LogP contribution in [0.25, 0.3) is 10.9 Å². The summed E-state index contributed by atoms with van der Waals surface area (Å²) in [6.45, 7) is 0.594. The van der Waals surface area contributed by atoms with Crippen LogP contribution in [0.1, 0.15) is 28.8 Å². The maximum Gasteiger partial charge on any atom is 0.326 e. The summed E-state index contributed by atoms with van der Waals surface area (Å²) >= 11 is 1.15. The first-order valence-corrected chi connectivity index (χ1v) is 13.1. The predicted octanol–water partition coefficient (Wildman–Crippen LogP) is 2.55. The molecule has 0 spiro atoms. The second kappa shape index (κ2) is 13.2. The van der Waals surface area contributed by atoms with E-state index in [2.05, 4.69) is 31.2 Å². The van der Waals surface area contributed by atoms with Gasteiger partial charge in [0.15, 0.2) is 10.3 Å². The number of aromatic amines is 1. The smallest absolute Gasteiger partial charge is 0.326 e. The van der Waals surface area contributed by atoms with Gasteiger partial charge >= 0.3 is 11.9 Å². The molecule has 0 saturated heterocycles. The largest absolute Gasteiger partial charge is 0.481 e. The van der Waals surface area contributed by atoms with Crippen LogP contribution in [0.4, 0.5) is 5.69 Å². The number of carboxylic acids is 2. The van der Waals surface area contributed by atoms with E-state index in [0.717, 1.165) is 17.3 Å². The van der Waals surface area contributed by atoms with Gasteiger partial charge in [0.1, 0.15) is 6.04 Å². The Balaban J connectivity index is 1.48. The lowest BCUT2D eigenvalue weighted by Crippen LogP contribution is -2.41. The number of aromatic nitrogens is 4. The van der Waals surface area contributed by atoms with Crippen LogP contribution in [0, 0.1) is 12.3 Å². The van der Waals surface area contributed by atoms with Crippen molar-refractivity contribution in [2.75, 3.05) is 11.4 Å². The van der Waals surface area contributed by atoms with E-state index in [1.807, 2.05) is 11.0 Å². The summed E-state index contributed by atoms with van der Waals surface area (Å²) in [6, 6.07) is 12.1. The number of aliphatic carboxylic acids is 2. The molecule has 12 nitrogen and oxygen atoms in total. The number of anilines is 1. The van der Waals surface area contributed by atoms with Gasteiger partial charge in [0.25, 0.3) is 11.5 Å². The number of hydrogen-bond acceptors (Lipinski definition) is 9. The first kappa shape index (κ1) is 28.8. The zero-order chi connectivity index (χ0) is 29.4. The number of amides is 1. The molecule has 0 aliphatic carbocycles. The van der Waals surface area contributed by atoms with Crippen molar-refractivity contribution in [1.29, 1.82) is 0 Å². The summed E-state index contributed by atoms with van der Waals surface area (Å²) < 4.78 is 0. The second-order valence-electron chi connectivity index (χ2n) is 8.76. The molecule has 1 atom stereocenters. The van der Waals surface area contributed by atoms with Gasteiger partial charge < -0.3 is 25.4 Å². The first-order valence-electron chi connectivity index (χ1n) is 12.2. The van der Waals surface area contributed by atoms with Crippen LogP contribution >= 0.6 is 11.8 Å². The maximum atomic E-state index is 12.8. The number of nitrogens with zero attached hydrogens (tertiary/aromatic N) is 4. The van der Waals surface area contributed by atoms with Crippen molar-refractivity contribution >= 4 is 46.2 Å². The lowest BCUT2D eigenvalue weighted by Gasteiger charge is -2.23. The molecule has 0 saturated carbocycles. The Hall–Kier alpha value is -5.22. The van der Waals surface area contributed by atoms with E-state index in [1.54, 1.807) is 42.7 Å². The second-order valence-corrected chi connectivity index (χ2v) is 9.72. The van der Waals surface area contributed by atoms with Crippen molar-refractivity contribution in [2.24, 2.45) is 0 Å². The predicted molar refractivity (Wildman–Crippen MR) is 151 cm³/mol. The quantitative estimate of drug-likeness (QED) is 0.145. The molecule has 1 amide bonds. The van der Waals surface area contributed by atoms with Gasteiger partial charge in [0, 0.05) is 36.6 Å². The summed E-state index contributed by atoms with van der Waals surface area (Å²) in [6.07, 6.45) is 8.17. The molecule has 0 radical (unpaired) electrons. The summed E-state index contributed by atoms with van der Waals surface area (Å²) in [4.78, 5) is 64.9. The van der Waals surface area contributed by atoms with Crippen LogP contribution in [0.2, 0.25) is 0 Å². The average molecular weight is 573 g/mol. The number of benzene rings is 2. The number of hydrogen-bond donors (Lipinski definition) is 4. The van der Waals surface area contributed by atoms with Crippen LogP contribution in [0.15, 0.2) is 76.0 Å². The highest BCUT2D eigenvalue weighted by molar-refractivity contribution is 7.99. The third-order valence-electron chi connectivity index (χ3n) is 5.88. The van der Waals surface area contributed by atoms with Crippen molar-refractivity contribution in [3.05, 3.63) is 82.4 Å². The molecule has 2 heterocycles. The molecule has 0 fully saturated rings. The highest BCUT2D eigenvalue weighted by atomic mass is 32.2. The van der Waals surface area contributed by atoms with Gasteiger partial charge in [0.2, 0.25) is 0 Å². The fourth-order valence-corrected chi connectivity index (χ4v) is 4.58. The summed E-state index contributed by atoms with van der Waals surface area (Å²) in [5.74, 6) is -0.513. The number of terminal acetylenes is 1. The van der Waals surface area contributed by atoms with Crippen molar-refractivity contribution in [3.8, 4) is 12.3 Å². The number of carbonyl (C=O) groups excluding carboxylic acids is 1. The van der Waals surface area contributed by atoms with Gasteiger partial charge in [-0.3, -0.25) is 14.4 Å². The number of rotatable bonds is 12. The minimum absolute atomic E-state index is 0.203. The first-order chi connectivity index (χ1) is 19.7.